The van der Waals surface area contributed by atoms with Gasteiger partial charge in [-0.15, -0.1) is 0 Å². The first kappa shape index (κ1) is 17.9. The Balaban J connectivity index is 1.65. The predicted octanol–water partition coefficient (Wildman–Crippen LogP) is 0.644. The predicted molar refractivity (Wildman–Crippen MR) is 100 cm³/mol. The summed E-state index contributed by atoms with van der Waals surface area (Å²) in [5, 5.41) is 0. The average Bonchev–Trinajstić information content (AvgIpc) is 3.20. The molecule has 0 unspecified atom stereocenters. The largest absolute Gasteiger partial charge is 0.364 e. The summed E-state index contributed by atoms with van der Waals surface area (Å²) in [6.45, 7) is 1.78. The van der Waals surface area contributed by atoms with Crippen LogP contribution in [0, 0.1) is 11.8 Å². The summed E-state index contributed by atoms with van der Waals surface area (Å²) in [4.78, 5) is 21.8. The van der Waals surface area contributed by atoms with Crippen molar-refractivity contribution in [3.63, 3.8) is 0 Å². The summed E-state index contributed by atoms with van der Waals surface area (Å²) >= 11 is 0. The Morgan fingerprint density at radius 2 is 1.89 bits per heavy atom. The summed E-state index contributed by atoms with van der Waals surface area (Å²) in [7, 11) is -3.32. The van der Waals surface area contributed by atoms with Crippen LogP contribution in [0.2, 0.25) is 0 Å². The quantitative estimate of drug-likeness (QED) is 0.825. The van der Waals surface area contributed by atoms with E-state index in [4.69, 9.17) is 5.73 Å². The second-order valence-corrected chi connectivity index (χ2v) is 9.08. The molecular weight excluding hydrogens is 366 g/mol. The Labute approximate surface area is 158 Å². The lowest BCUT2D eigenvalue weighted by Gasteiger charge is -2.28. The zero-order valence-corrected chi connectivity index (χ0v) is 15.7. The topological polar surface area (TPSA) is 109 Å². The third-order valence-corrected chi connectivity index (χ3v) is 6.62. The van der Waals surface area contributed by atoms with Crippen molar-refractivity contribution < 1.29 is 13.2 Å². The Bertz CT molecular complexity index is 966. The average molecular weight is 387 g/mol. The molecule has 8 nitrogen and oxygen atoms in total. The highest BCUT2D eigenvalue weighted by Crippen LogP contribution is 2.46. The first-order chi connectivity index (χ1) is 12.8. The minimum Gasteiger partial charge on any atom is -0.364 e. The fraction of sp³-hybridized carbons (Fsp3) is 0.389. The molecule has 2 fully saturated rings. The highest BCUT2D eigenvalue weighted by Gasteiger charge is 2.50. The van der Waals surface area contributed by atoms with Gasteiger partial charge in [0.2, 0.25) is 10.0 Å². The number of fused-ring (bicyclic) bond motifs is 1. The van der Waals surface area contributed by atoms with Crippen LogP contribution in [0.1, 0.15) is 22.1 Å². The highest BCUT2D eigenvalue weighted by molar-refractivity contribution is 7.88. The molecule has 0 aliphatic carbocycles. The van der Waals surface area contributed by atoms with Crippen molar-refractivity contribution in [3.05, 3.63) is 54.0 Å². The van der Waals surface area contributed by atoms with E-state index in [1.807, 2.05) is 30.3 Å². The van der Waals surface area contributed by atoms with Crippen molar-refractivity contribution in [2.24, 2.45) is 17.6 Å². The molecule has 1 aromatic heterocycles. The molecule has 142 valence electrons. The maximum Gasteiger partial charge on any atom is 0.268 e. The van der Waals surface area contributed by atoms with Crippen LogP contribution in [-0.2, 0) is 10.0 Å². The third kappa shape index (κ3) is 3.28. The number of amides is 1. The molecule has 3 heterocycles. The van der Waals surface area contributed by atoms with Gasteiger partial charge in [-0.1, -0.05) is 30.3 Å². The first-order valence-corrected chi connectivity index (χ1v) is 10.6. The number of benzene rings is 1. The zero-order valence-electron chi connectivity index (χ0n) is 14.9. The van der Waals surface area contributed by atoms with Crippen molar-refractivity contribution in [3.8, 4) is 0 Å². The van der Waals surface area contributed by atoms with E-state index in [9.17, 15) is 13.2 Å². The molecule has 4 rings (SSSR count). The number of carbonyl (C=O) groups is 1. The molecule has 3 atom stereocenters. The fourth-order valence-corrected chi connectivity index (χ4v) is 5.38. The number of primary amides is 1. The molecule has 9 heteroatoms. The van der Waals surface area contributed by atoms with Crippen molar-refractivity contribution in [2.75, 3.05) is 30.8 Å². The van der Waals surface area contributed by atoms with Gasteiger partial charge in [-0.25, -0.2) is 13.4 Å². The maximum absolute atomic E-state index is 12.4. The number of rotatable bonds is 4. The summed E-state index contributed by atoms with van der Waals surface area (Å²) in [6, 6.07) is 9.52. The van der Waals surface area contributed by atoms with Crippen LogP contribution in [0.25, 0.3) is 0 Å². The van der Waals surface area contributed by atoms with Crippen molar-refractivity contribution in [1.29, 1.82) is 0 Å². The molecular formula is C18H21N5O3S. The fourth-order valence-electron chi connectivity index (χ4n) is 4.22. The summed E-state index contributed by atoms with van der Waals surface area (Å²) in [5.74, 6) is 0.303. The number of carbonyl (C=O) groups excluding carboxylic acids is 1. The van der Waals surface area contributed by atoms with Gasteiger partial charge in [-0.3, -0.25) is 9.78 Å². The van der Waals surface area contributed by atoms with Gasteiger partial charge < -0.3 is 10.6 Å². The van der Waals surface area contributed by atoms with Gasteiger partial charge in [0.15, 0.2) is 0 Å². The summed E-state index contributed by atoms with van der Waals surface area (Å²) in [6.07, 6.45) is 4.23. The number of nitrogens with zero attached hydrogens (tertiary/aromatic N) is 4. The summed E-state index contributed by atoms with van der Waals surface area (Å²) < 4.78 is 26.3. The van der Waals surface area contributed by atoms with Crippen LogP contribution in [0.15, 0.2) is 42.7 Å². The minimum absolute atomic E-state index is 0.127. The lowest BCUT2D eigenvalue weighted by atomic mass is 9.90. The van der Waals surface area contributed by atoms with E-state index in [0.717, 1.165) is 5.56 Å². The Morgan fingerprint density at radius 3 is 2.56 bits per heavy atom. The molecule has 27 heavy (non-hydrogen) atoms. The zero-order chi connectivity index (χ0) is 19.2. The monoisotopic (exact) mass is 387 g/mol. The molecule has 2 saturated heterocycles. The van der Waals surface area contributed by atoms with E-state index < -0.39 is 15.9 Å². The SMILES string of the molecule is CS(=O)(=O)N1C[C@H]2CN(c3cncc(C(N)=O)n3)C[C@H]2[C@@H]1c1ccccc1. The number of anilines is 1. The van der Waals surface area contributed by atoms with Gasteiger partial charge in [0.1, 0.15) is 11.5 Å². The van der Waals surface area contributed by atoms with Crippen molar-refractivity contribution in [2.45, 2.75) is 6.04 Å². The molecule has 1 amide bonds. The van der Waals surface area contributed by atoms with E-state index in [1.54, 1.807) is 10.5 Å². The Hall–Kier alpha value is -2.52. The van der Waals surface area contributed by atoms with Gasteiger partial charge in [0.05, 0.1) is 24.7 Å². The van der Waals surface area contributed by atoms with Crippen LogP contribution in [-0.4, -0.2) is 54.5 Å². The Morgan fingerprint density at radius 1 is 1.15 bits per heavy atom. The van der Waals surface area contributed by atoms with E-state index in [1.165, 1.54) is 12.5 Å². The van der Waals surface area contributed by atoms with Crippen LogP contribution in [0.3, 0.4) is 0 Å². The van der Waals surface area contributed by atoms with Gasteiger partial charge >= 0.3 is 0 Å². The second-order valence-electron chi connectivity index (χ2n) is 7.14. The molecule has 0 bridgehead atoms. The normalized spacial score (nSPS) is 25.5. The number of hydrogen-bond acceptors (Lipinski definition) is 6. The summed E-state index contributed by atoms with van der Waals surface area (Å²) in [5.41, 5.74) is 6.43. The second kappa shape index (κ2) is 6.58. The van der Waals surface area contributed by atoms with Crippen LogP contribution in [0.5, 0.6) is 0 Å². The molecule has 0 saturated carbocycles. The molecule has 2 aliphatic heterocycles. The number of nitrogens with two attached hydrogens (primary N) is 1. The Kier molecular flexibility index (Phi) is 4.35. The van der Waals surface area contributed by atoms with E-state index in [2.05, 4.69) is 14.9 Å². The molecule has 2 N–H and O–H groups in total. The van der Waals surface area contributed by atoms with Crippen LogP contribution < -0.4 is 10.6 Å². The van der Waals surface area contributed by atoms with E-state index in [-0.39, 0.29) is 23.6 Å². The number of sulfonamides is 1. The van der Waals surface area contributed by atoms with Crippen molar-refractivity contribution in [1.82, 2.24) is 14.3 Å². The molecule has 0 spiro atoms. The number of aromatic nitrogens is 2. The smallest absolute Gasteiger partial charge is 0.268 e. The van der Waals surface area contributed by atoms with Gasteiger partial charge in [-0.05, 0) is 11.5 Å². The van der Waals surface area contributed by atoms with E-state index >= 15 is 0 Å². The minimum atomic E-state index is -3.32. The first-order valence-electron chi connectivity index (χ1n) is 8.73. The molecule has 2 aromatic rings. The van der Waals surface area contributed by atoms with Crippen molar-refractivity contribution >= 4 is 21.7 Å². The lowest BCUT2D eigenvalue weighted by molar-refractivity contribution is 0.0995. The standard InChI is InChI=1S/C18H21N5O3S/c1-27(25,26)23-10-13-9-22(16-8-20-7-15(21-16)18(19)24)11-14(13)17(23)12-5-3-2-4-6-12/h2-8,13-14,17H,9-11H2,1H3,(H2,19,24)/t13-,14-,17+/m1/s1. The highest BCUT2D eigenvalue weighted by atomic mass is 32.2. The lowest BCUT2D eigenvalue weighted by Crippen LogP contribution is -2.35. The molecule has 2 aliphatic rings. The van der Waals surface area contributed by atoms with Crippen LogP contribution >= 0.6 is 0 Å². The number of hydrogen-bond donors (Lipinski definition) is 1. The van der Waals surface area contributed by atoms with Crippen LogP contribution in [0.4, 0.5) is 5.82 Å². The molecule has 0 radical (unpaired) electrons. The maximum atomic E-state index is 12.4. The molecule has 1 aromatic carbocycles. The van der Waals surface area contributed by atoms with E-state index in [0.29, 0.717) is 25.5 Å². The van der Waals surface area contributed by atoms with Gasteiger partial charge in [0, 0.05) is 25.6 Å². The third-order valence-electron chi connectivity index (χ3n) is 5.39. The van der Waals surface area contributed by atoms with Gasteiger partial charge in [-0.2, -0.15) is 4.31 Å². The van der Waals surface area contributed by atoms with Gasteiger partial charge in [0.25, 0.3) is 5.91 Å².